The minimum absolute atomic E-state index is 0.220. The number of rotatable bonds is 5. The molecule has 4 heterocycles. The first-order chi connectivity index (χ1) is 15.5. The molecule has 0 saturated carbocycles. The van der Waals surface area contributed by atoms with Crippen molar-refractivity contribution < 1.29 is 21.8 Å². The SMILES string of the molecule is Cc1cn([C@@H]2O[C@@H]3CN4CCN=C4[C@]3(OS(C)(=O)=O)[C@H]2O[Si](C)(C)C(C)(C)C)c(=O)n(C)c1=O. The Hall–Kier alpha value is -1.80. The predicted molar refractivity (Wildman–Crippen MR) is 129 cm³/mol. The van der Waals surface area contributed by atoms with Crippen molar-refractivity contribution in [1.29, 1.82) is 0 Å². The number of aromatic nitrogens is 2. The molecule has 0 amide bonds. The summed E-state index contributed by atoms with van der Waals surface area (Å²) in [6.07, 6.45) is -0.281. The molecule has 0 spiro atoms. The first-order valence-electron chi connectivity index (χ1n) is 11.3. The van der Waals surface area contributed by atoms with Crippen LogP contribution in [0.4, 0.5) is 0 Å². The van der Waals surface area contributed by atoms with Crippen molar-refractivity contribution >= 4 is 24.3 Å². The molecule has 1 aromatic heterocycles. The average Bonchev–Trinajstić information content (AvgIpc) is 3.32. The van der Waals surface area contributed by atoms with E-state index in [0.717, 1.165) is 10.8 Å². The van der Waals surface area contributed by atoms with E-state index in [1.165, 1.54) is 17.8 Å². The zero-order valence-corrected chi connectivity index (χ0v) is 22.8. The summed E-state index contributed by atoms with van der Waals surface area (Å²) in [5, 5.41) is -0.220. The zero-order valence-electron chi connectivity index (χ0n) is 21.0. The van der Waals surface area contributed by atoms with Crippen molar-refractivity contribution in [2.24, 2.45) is 12.0 Å². The van der Waals surface area contributed by atoms with Crippen LogP contribution in [0.1, 0.15) is 32.6 Å². The third kappa shape index (κ3) is 3.81. The molecule has 0 aromatic carbocycles. The fourth-order valence-corrected chi connectivity index (χ4v) is 6.74. The molecule has 0 bridgehead atoms. The standard InChI is InChI=1S/C21H34N4O7SSi/c1-13-11-25(19(27)23(5)16(13)26)17-15(31-34(7,8)20(2,3)4)21(32-33(6,28)29)14(30-17)12-24-10-9-22-18(21)24/h11,14-15,17H,9-10,12H2,1-8H3/t14-,15+,17-,21-/m1/s1. The molecule has 13 heteroatoms. The van der Waals surface area contributed by atoms with E-state index in [1.807, 2.05) is 18.0 Å². The molecule has 0 N–H and O–H groups in total. The maximum Gasteiger partial charge on any atom is 0.332 e. The first-order valence-corrected chi connectivity index (χ1v) is 16.0. The van der Waals surface area contributed by atoms with Gasteiger partial charge in [0.1, 0.15) is 18.0 Å². The van der Waals surface area contributed by atoms with E-state index in [1.54, 1.807) is 6.92 Å². The summed E-state index contributed by atoms with van der Waals surface area (Å²) >= 11 is 0. The van der Waals surface area contributed by atoms with E-state index in [-0.39, 0.29) is 5.04 Å². The molecule has 2 saturated heterocycles. The summed E-state index contributed by atoms with van der Waals surface area (Å²) in [6, 6.07) is 0. The summed E-state index contributed by atoms with van der Waals surface area (Å²) in [7, 11) is -5.10. The summed E-state index contributed by atoms with van der Waals surface area (Å²) < 4.78 is 46.6. The molecule has 4 rings (SSSR count). The Balaban J connectivity index is 1.96. The van der Waals surface area contributed by atoms with Crippen LogP contribution in [-0.4, -0.2) is 80.3 Å². The summed E-state index contributed by atoms with van der Waals surface area (Å²) in [5.74, 6) is 0.476. The fraction of sp³-hybridized carbons (Fsp3) is 0.762. The fourth-order valence-electron chi connectivity index (χ4n) is 4.68. The third-order valence-corrected chi connectivity index (χ3v) is 12.4. The largest absolute Gasteiger partial charge is 0.406 e. The van der Waals surface area contributed by atoms with Crippen LogP contribution < -0.4 is 11.2 Å². The van der Waals surface area contributed by atoms with Gasteiger partial charge in [-0.1, -0.05) is 20.8 Å². The number of aryl methyl sites for hydroxylation is 1. The summed E-state index contributed by atoms with van der Waals surface area (Å²) in [6.45, 7) is 13.4. The van der Waals surface area contributed by atoms with E-state index in [9.17, 15) is 18.0 Å². The Morgan fingerprint density at radius 2 is 1.91 bits per heavy atom. The minimum Gasteiger partial charge on any atom is -0.406 e. The lowest BCUT2D eigenvalue weighted by Gasteiger charge is -2.43. The van der Waals surface area contributed by atoms with Crippen LogP contribution in [0.25, 0.3) is 0 Å². The van der Waals surface area contributed by atoms with Crippen LogP contribution in [0.5, 0.6) is 0 Å². The molecule has 1 aromatic rings. The van der Waals surface area contributed by atoms with Gasteiger partial charge in [0, 0.05) is 31.9 Å². The first kappa shape index (κ1) is 25.3. The highest BCUT2D eigenvalue weighted by molar-refractivity contribution is 7.86. The Labute approximate surface area is 200 Å². The number of fused-ring (bicyclic) bond motifs is 3. The topological polar surface area (TPSA) is 121 Å². The van der Waals surface area contributed by atoms with E-state index < -0.39 is 53.7 Å². The van der Waals surface area contributed by atoms with Crippen molar-refractivity contribution in [2.45, 2.75) is 69.9 Å². The molecule has 190 valence electrons. The Bertz CT molecular complexity index is 1260. The number of hydrogen-bond acceptors (Lipinski definition) is 9. The lowest BCUT2D eigenvalue weighted by Crippen LogP contribution is -2.60. The molecule has 11 nitrogen and oxygen atoms in total. The van der Waals surface area contributed by atoms with Crippen molar-refractivity contribution in [1.82, 2.24) is 14.0 Å². The van der Waals surface area contributed by atoms with Crippen LogP contribution in [0.2, 0.25) is 18.1 Å². The molecular weight excluding hydrogens is 480 g/mol. The van der Waals surface area contributed by atoms with Crippen LogP contribution >= 0.6 is 0 Å². The second-order valence-electron chi connectivity index (χ2n) is 10.9. The predicted octanol–water partition coefficient (Wildman–Crippen LogP) is 0.586. The zero-order chi connectivity index (χ0) is 25.4. The van der Waals surface area contributed by atoms with Crippen LogP contribution in [0, 0.1) is 6.92 Å². The van der Waals surface area contributed by atoms with Gasteiger partial charge in [-0.2, -0.15) is 8.42 Å². The summed E-state index contributed by atoms with van der Waals surface area (Å²) in [5.41, 5.74) is -2.17. The maximum atomic E-state index is 13.2. The smallest absolute Gasteiger partial charge is 0.332 e. The number of nitrogens with zero attached hydrogens (tertiary/aromatic N) is 4. The van der Waals surface area contributed by atoms with E-state index >= 15 is 0 Å². The van der Waals surface area contributed by atoms with Crippen LogP contribution in [0.15, 0.2) is 20.8 Å². The van der Waals surface area contributed by atoms with E-state index in [0.29, 0.717) is 31.0 Å². The van der Waals surface area contributed by atoms with Crippen LogP contribution in [0.3, 0.4) is 0 Å². The second-order valence-corrected chi connectivity index (χ2v) is 17.2. The van der Waals surface area contributed by atoms with Gasteiger partial charge in [-0.25, -0.2) is 8.98 Å². The lowest BCUT2D eigenvalue weighted by molar-refractivity contribution is -0.0404. The van der Waals surface area contributed by atoms with Gasteiger partial charge < -0.3 is 14.1 Å². The minimum atomic E-state index is -3.97. The van der Waals surface area contributed by atoms with Crippen LogP contribution in [-0.2, 0) is 30.5 Å². The highest BCUT2D eigenvalue weighted by Gasteiger charge is 2.70. The van der Waals surface area contributed by atoms with Gasteiger partial charge in [0.2, 0.25) is 5.60 Å². The molecule has 2 fully saturated rings. The van der Waals surface area contributed by atoms with Gasteiger partial charge in [0.05, 0.1) is 12.8 Å². The maximum absolute atomic E-state index is 13.2. The third-order valence-electron chi connectivity index (χ3n) is 7.40. The van der Waals surface area contributed by atoms with E-state index in [4.69, 9.17) is 13.3 Å². The molecule has 0 unspecified atom stereocenters. The van der Waals surface area contributed by atoms with Gasteiger partial charge in [0.15, 0.2) is 14.5 Å². The Morgan fingerprint density at radius 1 is 1.26 bits per heavy atom. The highest BCUT2D eigenvalue weighted by Crippen LogP contribution is 2.51. The molecule has 34 heavy (non-hydrogen) atoms. The Kier molecular flexibility index (Phi) is 5.84. The van der Waals surface area contributed by atoms with Crippen molar-refractivity contribution in [3.05, 3.63) is 32.6 Å². The lowest BCUT2D eigenvalue weighted by atomic mass is 9.94. The number of hydrogen-bond donors (Lipinski definition) is 0. The summed E-state index contributed by atoms with van der Waals surface area (Å²) in [4.78, 5) is 32.1. The van der Waals surface area contributed by atoms with Crippen molar-refractivity contribution in [2.75, 3.05) is 25.9 Å². The monoisotopic (exact) mass is 514 g/mol. The molecule has 0 radical (unpaired) electrons. The second kappa shape index (κ2) is 7.85. The molecule has 3 aliphatic heterocycles. The number of ether oxygens (including phenoxy) is 1. The normalized spacial score (nSPS) is 29.4. The van der Waals surface area contributed by atoms with Gasteiger partial charge in [-0.05, 0) is 25.1 Å². The number of aliphatic imine (C=N–C) groups is 1. The van der Waals surface area contributed by atoms with Gasteiger partial charge in [-0.3, -0.25) is 18.9 Å². The quantitative estimate of drug-likeness (QED) is 0.413. The molecule has 0 aliphatic carbocycles. The Morgan fingerprint density at radius 3 is 2.50 bits per heavy atom. The molecule has 4 atom stereocenters. The van der Waals surface area contributed by atoms with E-state index in [2.05, 4.69) is 25.8 Å². The molecular formula is C21H34N4O7SSi. The molecule has 3 aliphatic rings. The average molecular weight is 515 g/mol. The highest BCUT2D eigenvalue weighted by atomic mass is 32.2. The van der Waals surface area contributed by atoms with Crippen molar-refractivity contribution in [3.63, 3.8) is 0 Å². The van der Waals surface area contributed by atoms with Gasteiger partial charge >= 0.3 is 5.69 Å². The van der Waals surface area contributed by atoms with Crippen molar-refractivity contribution in [3.8, 4) is 0 Å². The van der Waals surface area contributed by atoms with Gasteiger partial charge in [-0.15, -0.1) is 0 Å². The number of amidine groups is 1. The van der Waals surface area contributed by atoms with Gasteiger partial charge in [0.25, 0.3) is 15.7 Å².